The summed E-state index contributed by atoms with van der Waals surface area (Å²) in [6.45, 7) is 2.01. The van der Waals surface area contributed by atoms with Gasteiger partial charge >= 0.3 is 0 Å². The van der Waals surface area contributed by atoms with E-state index in [1.165, 1.54) is 54.6 Å². The number of aromatic nitrogens is 2. The molecule has 0 atom stereocenters. The Labute approximate surface area is 251 Å². The summed E-state index contributed by atoms with van der Waals surface area (Å²) in [5.74, 6) is 0. The van der Waals surface area contributed by atoms with Crippen LogP contribution in [0.15, 0.2) is 152 Å². The summed E-state index contributed by atoms with van der Waals surface area (Å²) in [7, 11) is 0. The summed E-state index contributed by atoms with van der Waals surface area (Å²) in [5.41, 5.74) is 10.1. The molecule has 0 amide bonds. The molecule has 0 saturated heterocycles. The van der Waals surface area contributed by atoms with E-state index in [1.807, 2.05) is 19.2 Å². The van der Waals surface area contributed by atoms with Crippen LogP contribution < -0.4 is 0 Å². The average molecular weight is 549 g/mol. The Bertz CT molecular complexity index is 2240. The van der Waals surface area contributed by atoms with Crippen molar-refractivity contribution >= 4 is 32.3 Å². The zero-order chi connectivity index (χ0) is 28.8. The highest BCUT2D eigenvalue weighted by Gasteiger charge is 2.16. The molecule has 0 N–H and O–H groups in total. The van der Waals surface area contributed by atoms with Gasteiger partial charge in [-0.05, 0) is 97.9 Å². The number of fused-ring (bicyclic) bond motifs is 3. The standard InChI is InChI=1S/C41H28N2/c1-27-24-32(22-23-42-27)39-17-9-16-38(43-39)31-20-18-30-26-33(21-19-29(30)25-31)41-36-14-7-5-12-34(36)40(28-10-3-2-4-11-28)35-13-6-8-15-37(35)41/h2-26H,1H3. The third-order valence-corrected chi connectivity index (χ3v) is 8.36. The fourth-order valence-electron chi connectivity index (χ4n) is 6.38. The number of pyridine rings is 2. The van der Waals surface area contributed by atoms with Crippen LogP contribution in [0.2, 0.25) is 0 Å². The van der Waals surface area contributed by atoms with Gasteiger partial charge in [-0.1, -0.05) is 109 Å². The third-order valence-electron chi connectivity index (χ3n) is 8.36. The molecule has 0 radical (unpaired) electrons. The Kier molecular flexibility index (Phi) is 6.05. The van der Waals surface area contributed by atoms with E-state index in [4.69, 9.17) is 4.98 Å². The van der Waals surface area contributed by atoms with Gasteiger partial charge in [0.2, 0.25) is 0 Å². The molecule has 2 heteroatoms. The Balaban J connectivity index is 1.27. The van der Waals surface area contributed by atoms with Crippen LogP contribution >= 0.6 is 0 Å². The van der Waals surface area contributed by atoms with Crippen LogP contribution in [0, 0.1) is 6.92 Å². The maximum Gasteiger partial charge on any atom is 0.0710 e. The van der Waals surface area contributed by atoms with Gasteiger partial charge in [0.15, 0.2) is 0 Å². The molecule has 8 aromatic rings. The average Bonchev–Trinajstić information content (AvgIpc) is 3.07. The first-order valence-electron chi connectivity index (χ1n) is 14.7. The maximum absolute atomic E-state index is 5.00. The minimum Gasteiger partial charge on any atom is -0.262 e. The van der Waals surface area contributed by atoms with Crippen LogP contribution in [-0.4, -0.2) is 9.97 Å². The van der Waals surface area contributed by atoms with Crippen molar-refractivity contribution in [3.05, 3.63) is 157 Å². The molecule has 2 nitrogen and oxygen atoms in total. The van der Waals surface area contributed by atoms with Gasteiger partial charge in [-0.3, -0.25) is 4.98 Å². The van der Waals surface area contributed by atoms with Gasteiger partial charge in [0.05, 0.1) is 11.4 Å². The predicted octanol–water partition coefficient (Wildman–Crippen LogP) is 10.9. The van der Waals surface area contributed by atoms with Crippen LogP contribution in [0.25, 0.3) is 77.1 Å². The summed E-state index contributed by atoms with van der Waals surface area (Å²) in [6, 6.07) is 52.2. The Morgan fingerprint density at radius 3 is 1.51 bits per heavy atom. The third kappa shape index (κ3) is 4.45. The Morgan fingerprint density at radius 2 is 0.907 bits per heavy atom. The predicted molar refractivity (Wildman–Crippen MR) is 181 cm³/mol. The highest BCUT2D eigenvalue weighted by atomic mass is 14.7. The fourth-order valence-corrected chi connectivity index (χ4v) is 6.38. The van der Waals surface area contributed by atoms with Crippen molar-refractivity contribution in [2.24, 2.45) is 0 Å². The lowest BCUT2D eigenvalue weighted by atomic mass is 9.85. The lowest BCUT2D eigenvalue weighted by Crippen LogP contribution is -1.91. The van der Waals surface area contributed by atoms with Gasteiger partial charge in [0, 0.05) is 23.0 Å². The largest absolute Gasteiger partial charge is 0.262 e. The van der Waals surface area contributed by atoms with Crippen LogP contribution in [0.5, 0.6) is 0 Å². The van der Waals surface area contributed by atoms with Gasteiger partial charge in [-0.15, -0.1) is 0 Å². The second-order valence-corrected chi connectivity index (χ2v) is 11.1. The van der Waals surface area contributed by atoms with Crippen molar-refractivity contribution in [2.45, 2.75) is 6.92 Å². The van der Waals surface area contributed by atoms with Crippen LogP contribution in [-0.2, 0) is 0 Å². The van der Waals surface area contributed by atoms with E-state index < -0.39 is 0 Å². The van der Waals surface area contributed by atoms with Crippen molar-refractivity contribution in [1.29, 1.82) is 0 Å². The number of rotatable bonds is 4. The zero-order valence-corrected chi connectivity index (χ0v) is 23.8. The maximum atomic E-state index is 5.00. The van der Waals surface area contributed by atoms with Crippen molar-refractivity contribution in [2.75, 3.05) is 0 Å². The van der Waals surface area contributed by atoms with Gasteiger partial charge in [0.25, 0.3) is 0 Å². The normalized spacial score (nSPS) is 11.4. The fraction of sp³-hybridized carbons (Fsp3) is 0.0244. The van der Waals surface area contributed by atoms with E-state index in [0.29, 0.717) is 0 Å². The quantitative estimate of drug-likeness (QED) is 0.204. The van der Waals surface area contributed by atoms with Crippen molar-refractivity contribution in [1.82, 2.24) is 9.97 Å². The summed E-state index contributed by atoms with van der Waals surface area (Å²) in [5, 5.41) is 7.48. The monoisotopic (exact) mass is 548 g/mol. The van der Waals surface area contributed by atoms with Gasteiger partial charge < -0.3 is 0 Å². The second kappa shape index (κ2) is 10.3. The number of benzene rings is 6. The molecule has 0 aliphatic carbocycles. The first kappa shape index (κ1) is 25.1. The van der Waals surface area contributed by atoms with E-state index in [1.54, 1.807) is 0 Å². The number of aryl methyl sites for hydroxylation is 1. The molecule has 202 valence electrons. The Hall–Kier alpha value is -5.60. The molecule has 0 aliphatic rings. The summed E-state index contributed by atoms with van der Waals surface area (Å²) >= 11 is 0. The second-order valence-electron chi connectivity index (χ2n) is 11.1. The van der Waals surface area contributed by atoms with Gasteiger partial charge in [-0.2, -0.15) is 0 Å². The minimum atomic E-state index is 0.955. The van der Waals surface area contributed by atoms with E-state index in [2.05, 4.69) is 145 Å². The number of hydrogen-bond donors (Lipinski definition) is 0. The van der Waals surface area contributed by atoms with E-state index in [9.17, 15) is 0 Å². The lowest BCUT2D eigenvalue weighted by molar-refractivity contribution is 1.19. The van der Waals surface area contributed by atoms with Crippen molar-refractivity contribution < 1.29 is 0 Å². The summed E-state index contributed by atoms with van der Waals surface area (Å²) in [6.07, 6.45) is 1.84. The molecule has 2 aromatic heterocycles. The molecule has 2 heterocycles. The highest BCUT2D eigenvalue weighted by Crippen LogP contribution is 2.44. The molecule has 0 saturated carbocycles. The molecule has 0 unspecified atom stereocenters. The molecular formula is C41H28N2. The van der Waals surface area contributed by atoms with Gasteiger partial charge in [-0.25, -0.2) is 4.98 Å². The van der Waals surface area contributed by atoms with Gasteiger partial charge in [0.1, 0.15) is 0 Å². The summed E-state index contributed by atoms with van der Waals surface area (Å²) in [4.78, 5) is 9.33. The van der Waals surface area contributed by atoms with Crippen LogP contribution in [0.4, 0.5) is 0 Å². The molecule has 0 spiro atoms. The number of hydrogen-bond acceptors (Lipinski definition) is 2. The molecule has 43 heavy (non-hydrogen) atoms. The SMILES string of the molecule is Cc1cc(-c2cccc(-c3ccc4cc(-c5c6ccccc6c(-c6ccccc6)c6ccccc56)ccc4c3)n2)ccn1. The number of nitrogens with zero attached hydrogens (tertiary/aromatic N) is 2. The molecule has 0 bridgehead atoms. The van der Waals surface area contributed by atoms with E-state index in [0.717, 1.165) is 28.2 Å². The van der Waals surface area contributed by atoms with Crippen molar-refractivity contribution in [3.63, 3.8) is 0 Å². The van der Waals surface area contributed by atoms with Crippen LogP contribution in [0.1, 0.15) is 5.69 Å². The van der Waals surface area contributed by atoms with Crippen LogP contribution in [0.3, 0.4) is 0 Å². The minimum absolute atomic E-state index is 0.955. The highest BCUT2D eigenvalue weighted by molar-refractivity contribution is 6.21. The molecule has 8 rings (SSSR count). The first-order chi connectivity index (χ1) is 21.2. The molecule has 0 fully saturated rings. The molecule has 6 aromatic carbocycles. The first-order valence-corrected chi connectivity index (χ1v) is 14.7. The lowest BCUT2D eigenvalue weighted by Gasteiger charge is -2.18. The topological polar surface area (TPSA) is 25.8 Å². The van der Waals surface area contributed by atoms with Crippen molar-refractivity contribution in [3.8, 4) is 44.8 Å². The van der Waals surface area contributed by atoms with E-state index in [-0.39, 0.29) is 0 Å². The van der Waals surface area contributed by atoms with E-state index >= 15 is 0 Å². The smallest absolute Gasteiger partial charge is 0.0710 e. The zero-order valence-electron chi connectivity index (χ0n) is 23.8. The molecule has 0 aliphatic heterocycles. The molecular weight excluding hydrogens is 520 g/mol. The summed E-state index contributed by atoms with van der Waals surface area (Å²) < 4.78 is 0. The Morgan fingerprint density at radius 1 is 0.395 bits per heavy atom.